The van der Waals surface area contributed by atoms with Gasteiger partial charge < -0.3 is 29.8 Å². The molecule has 10 nitrogen and oxygen atoms in total. The van der Waals surface area contributed by atoms with Crippen molar-refractivity contribution in [3.05, 3.63) is 54.2 Å². The number of nitrogens with one attached hydrogen (secondary N) is 3. The molecule has 0 bridgehead atoms. The van der Waals surface area contributed by atoms with Crippen molar-refractivity contribution < 1.29 is 26.9 Å². The molecular formula is C25H26F4N8O2S. The molecule has 40 heavy (non-hydrogen) atoms. The summed E-state index contributed by atoms with van der Waals surface area (Å²) in [4.78, 5) is 22.0. The standard InChI is InChI=1S/C25H26F4N8O2S/c1-30-23(38)14-5-6-20(31-11-14)32-12-21-34-22(35-39-21)15-10-19-18(33-17-7-9-36(2)13-16(17)26)4-3-8-37(19)24(15)40-25(27,28)29/h3-6,8,10-11,16-17,33H,7,9,12-13H2,1-2H3,(H,30,38)(H,31,32)/t16-,17+/m0/s1. The first kappa shape index (κ1) is 27.7. The highest BCUT2D eigenvalue weighted by atomic mass is 32.2. The molecule has 0 aromatic carbocycles. The zero-order valence-corrected chi connectivity index (χ0v) is 22.3. The molecule has 2 atom stereocenters. The zero-order chi connectivity index (χ0) is 28.4. The summed E-state index contributed by atoms with van der Waals surface area (Å²) in [5, 5.41) is 12.4. The maximum Gasteiger partial charge on any atom is 0.447 e. The first-order valence-electron chi connectivity index (χ1n) is 12.3. The average Bonchev–Trinajstić information content (AvgIpc) is 3.53. The Kier molecular flexibility index (Phi) is 7.85. The maximum atomic E-state index is 14.7. The van der Waals surface area contributed by atoms with Gasteiger partial charge in [0.1, 0.15) is 12.0 Å². The Morgan fingerprint density at radius 3 is 2.80 bits per heavy atom. The van der Waals surface area contributed by atoms with E-state index in [0.29, 0.717) is 35.6 Å². The third-order valence-electron chi connectivity index (χ3n) is 6.44. The predicted octanol–water partition coefficient (Wildman–Crippen LogP) is 4.42. The number of amides is 1. The van der Waals surface area contributed by atoms with Crippen molar-refractivity contribution in [2.45, 2.75) is 35.7 Å². The number of hydrogen-bond donors (Lipinski definition) is 3. The number of hydrogen-bond acceptors (Lipinski definition) is 9. The largest absolute Gasteiger partial charge is 0.447 e. The van der Waals surface area contributed by atoms with Gasteiger partial charge in [-0.1, -0.05) is 5.16 Å². The molecule has 1 aliphatic rings. The molecule has 0 saturated carbocycles. The maximum absolute atomic E-state index is 14.7. The van der Waals surface area contributed by atoms with Crippen LogP contribution in [-0.4, -0.2) is 75.2 Å². The van der Waals surface area contributed by atoms with E-state index in [0.717, 1.165) is 0 Å². The number of rotatable bonds is 8. The van der Waals surface area contributed by atoms with Crippen LogP contribution in [0, 0.1) is 0 Å². The number of nitrogens with zero attached hydrogens (tertiary/aromatic N) is 5. The second-order valence-corrected chi connectivity index (χ2v) is 10.3. The minimum atomic E-state index is -4.58. The molecule has 1 fully saturated rings. The van der Waals surface area contributed by atoms with E-state index >= 15 is 0 Å². The number of alkyl halides is 4. The van der Waals surface area contributed by atoms with E-state index in [1.165, 1.54) is 23.8 Å². The average molecular weight is 579 g/mol. The van der Waals surface area contributed by atoms with Crippen molar-refractivity contribution in [3.63, 3.8) is 0 Å². The molecule has 0 spiro atoms. The summed E-state index contributed by atoms with van der Waals surface area (Å²) < 4.78 is 62.2. The lowest BCUT2D eigenvalue weighted by Crippen LogP contribution is -2.46. The van der Waals surface area contributed by atoms with Crippen molar-refractivity contribution >= 4 is 34.7 Å². The number of carbonyl (C=O) groups excluding carboxylic acids is 1. The number of likely N-dealkylation sites (tertiary alicyclic amines) is 1. The predicted molar refractivity (Wildman–Crippen MR) is 142 cm³/mol. The van der Waals surface area contributed by atoms with Crippen LogP contribution in [0.4, 0.5) is 29.1 Å². The third kappa shape index (κ3) is 6.14. The van der Waals surface area contributed by atoms with Crippen molar-refractivity contribution in [1.29, 1.82) is 0 Å². The van der Waals surface area contributed by atoms with Crippen LogP contribution < -0.4 is 16.0 Å². The second kappa shape index (κ2) is 11.3. The van der Waals surface area contributed by atoms with Crippen LogP contribution in [0.2, 0.25) is 0 Å². The highest BCUT2D eigenvalue weighted by Gasteiger charge is 2.34. The summed E-state index contributed by atoms with van der Waals surface area (Å²) >= 11 is -0.287. The fraction of sp³-hybridized carbons (Fsp3) is 0.360. The van der Waals surface area contributed by atoms with Crippen LogP contribution in [0.25, 0.3) is 16.9 Å². The van der Waals surface area contributed by atoms with E-state index in [1.807, 2.05) is 11.9 Å². The number of aromatic nitrogens is 4. The molecule has 4 aromatic rings. The van der Waals surface area contributed by atoms with Gasteiger partial charge in [0.2, 0.25) is 11.7 Å². The number of pyridine rings is 2. The number of anilines is 2. The first-order chi connectivity index (χ1) is 19.1. The molecule has 1 amide bonds. The number of piperidine rings is 1. The number of fused-ring (bicyclic) bond motifs is 1. The Hall–Kier alpha value is -3.85. The van der Waals surface area contributed by atoms with Crippen molar-refractivity contribution in [2.75, 3.05) is 37.8 Å². The van der Waals surface area contributed by atoms with E-state index < -0.39 is 17.7 Å². The van der Waals surface area contributed by atoms with E-state index in [2.05, 4.69) is 31.1 Å². The lowest BCUT2D eigenvalue weighted by atomic mass is 10.0. The van der Waals surface area contributed by atoms with Crippen molar-refractivity contribution in [1.82, 2.24) is 29.7 Å². The highest BCUT2D eigenvalue weighted by molar-refractivity contribution is 8.00. The Morgan fingerprint density at radius 2 is 2.10 bits per heavy atom. The molecule has 0 unspecified atom stereocenters. The summed E-state index contributed by atoms with van der Waals surface area (Å²) in [5.74, 6) is 0.257. The Morgan fingerprint density at radius 1 is 1.27 bits per heavy atom. The smallest absolute Gasteiger partial charge is 0.378 e. The summed E-state index contributed by atoms with van der Waals surface area (Å²) in [6.45, 7) is 1.03. The Labute approximate surface area is 230 Å². The molecule has 5 heterocycles. The molecule has 4 aromatic heterocycles. The minimum absolute atomic E-state index is 0.0243. The van der Waals surface area contributed by atoms with Gasteiger partial charge in [0, 0.05) is 44.3 Å². The summed E-state index contributed by atoms with van der Waals surface area (Å²) in [6.07, 6.45) is 2.34. The molecule has 1 saturated heterocycles. The van der Waals surface area contributed by atoms with E-state index in [4.69, 9.17) is 4.52 Å². The van der Waals surface area contributed by atoms with Gasteiger partial charge in [-0.3, -0.25) is 4.79 Å². The SMILES string of the molecule is CNC(=O)c1ccc(NCc2nc(-c3cc4c(N[C@@H]5CCN(C)C[C@@H]5F)cccn4c3SC(F)(F)F)no2)nc1. The number of thioether (sulfide) groups is 1. The summed E-state index contributed by atoms with van der Waals surface area (Å²) in [7, 11) is 3.36. The van der Waals surface area contributed by atoms with E-state index in [9.17, 15) is 22.4 Å². The topological polar surface area (TPSA) is 113 Å². The molecule has 1 aliphatic heterocycles. The van der Waals surface area contributed by atoms with Crippen LogP contribution in [-0.2, 0) is 6.54 Å². The van der Waals surface area contributed by atoms with Crippen LogP contribution in [0.15, 0.2) is 52.3 Å². The van der Waals surface area contributed by atoms with Gasteiger partial charge in [-0.15, -0.1) is 0 Å². The van der Waals surface area contributed by atoms with Gasteiger partial charge in [0.25, 0.3) is 5.91 Å². The Balaban J connectivity index is 1.41. The third-order valence-corrected chi connectivity index (χ3v) is 7.29. The quantitative estimate of drug-likeness (QED) is 0.207. The molecule has 0 aliphatic carbocycles. The van der Waals surface area contributed by atoms with E-state index in [1.54, 1.807) is 30.3 Å². The van der Waals surface area contributed by atoms with Crippen LogP contribution in [0.1, 0.15) is 22.7 Å². The molecule has 5 rings (SSSR count). The molecular weight excluding hydrogens is 552 g/mol. The van der Waals surface area contributed by atoms with Crippen molar-refractivity contribution in [3.8, 4) is 11.4 Å². The molecule has 212 valence electrons. The van der Waals surface area contributed by atoms with Gasteiger partial charge in [0.05, 0.1) is 39.9 Å². The molecule has 15 heteroatoms. The summed E-state index contributed by atoms with van der Waals surface area (Å²) in [6, 6.07) is 7.57. The zero-order valence-electron chi connectivity index (χ0n) is 21.5. The van der Waals surface area contributed by atoms with Gasteiger partial charge in [-0.05, 0) is 43.8 Å². The van der Waals surface area contributed by atoms with Gasteiger partial charge >= 0.3 is 5.51 Å². The molecule has 0 radical (unpaired) electrons. The fourth-order valence-electron chi connectivity index (χ4n) is 4.47. The van der Waals surface area contributed by atoms with E-state index in [-0.39, 0.29) is 53.1 Å². The first-order valence-corrected chi connectivity index (χ1v) is 13.2. The summed E-state index contributed by atoms with van der Waals surface area (Å²) in [5.41, 5.74) is -3.13. The normalized spacial score (nSPS) is 18.1. The fourth-order valence-corrected chi connectivity index (χ4v) is 5.20. The number of carbonyl (C=O) groups is 1. The van der Waals surface area contributed by atoms with Crippen molar-refractivity contribution in [2.24, 2.45) is 0 Å². The van der Waals surface area contributed by atoms with Gasteiger partial charge in [-0.25, -0.2) is 9.37 Å². The Bertz CT molecular complexity index is 1490. The van der Waals surface area contributed by atoms with Crippen LogP contribution >= 0.6 is 11.8 Å². The highest BCUT2D eigenvalue weighted by Crippen LogP contribution is 2.44. The second-order valence-electron chi connectivity index (χ2n) is 9.28. The molecule has 3 N–H and O–H groups in total. The van der Waals surface area contributed by atoms with Gasteiger partial charge in [0.15, 0.2) is 0 Å². The lowest BCUT2D eigenvalue weighted by molar-refractivity contribution is -0.0329. The van der Waals surface area contributed by atoms with Crippen LogP contribution in [0.5, 0.6) is 0 Å². The minimum Gasteiger partial charge on any atom is -0.378 e. The lowest BCUT2D eigenvalue weighted by Gasteiger charge is -2.33. The monoisotopic (exact) mass is 578 g/mol. The number of halogens is 4. The van der Waals surface area contributed by atoms with Gasteiger partial charge in [-0.2, -0.15) is 18.2 Å². The van der Waals surface area contributed by atoms with Crippen LogP contribution in [0.3, 0.4) is 0 Å².